The highest BCUT2D eigenvalue weighted by Crippen LogP contribution is 2.41. The van der Waals surface area contributed by atoms with Crippen LogP contribution in [0.5, 0.6) is 0 Å². The van der Waals surface area contributed by atoms with Crippen molar-refractivity contribution in [3.63, 3.8) is 0 Å². The maximum Gasteiger partial charge on any atom is -0.0162 e. The van der Waals surface area contributed by atoms with Gasteiger partial charge in [-0.1, -0.05) is 108 Å². The topological polar surface area (TPSA) is 0 Å². The molecule has 1 aromatic carbocycles. The number of aryl methyl sites for hydroxylation is 1. The highest BCUT2D eigenvalue weighted by atomic mass is 14.3. The van der Waals surface area contributed by atoms with Crippen LogP contribution in [0.25, 0.3) is 0 Å². The van der Waals surface area contributed by atoms with Gasteiger partial charge in [0.1, 0.15) is 0 Å². The molecule has 0 heterocycles. The van der Waals surface area contributed by atoms with Gasteiger partial charge in [-0.25, -0.2) is 0 Å². The summed E-state index contributed by atoms with van der Waals surface area (Å²) in [6.07, 6.45) is 34.0. The number of rotatable bonds is 13. The van der Waals surface area contributed by atoms with Crippen LogP contribution in [0.1, 0.15) is 153 Å². The van der Waals surface area contributed by atoms with E-state index in [1.165, 1.54) is 128 Å². The first-order valence-corrected chi connectivity index (χ1v) is 16.5. The molecule has 0 nitrogen and oxygen atoms in total. The second-order valence-electron chi connectivity index (χ2n) is 13.2. The number of hydrogen-bond donors (Lipinski definition) is 0. The van der Waals surface area contributed by atoms with E-state index in [1.807, 2.05) is 0 Å². The fourth-order valence-corrected chi connectivity index (χ4v) is 8.01. The normalized spacial score (nSPS) is 30.9. The van der Waals surface area contributed by atoms with Crippen LogP contribution in [0, 0.1) is 29.6 Å². The Labute approximate surface area is 225 Å². The highest BCUT2D eigenvalue weighted by Gasteiger charge is 2.28. The summed E-state index contributed by atoms with van der Waals surface area (Å²) in [7, 11) is 0. The summed E-state index contributed by atoms with van der Waals surface area (Å²) in [5, 5.41) is 0. The van der Waals surface area contributed by atoms with Crippen molar-refractivity contribution in [1.29, 1.82) is 0 Å². The first kappa shape index (κ1) is 28.0. The second kappa shape index (κ2) is 15.4. The van der Waals surface area contributed by atoms with Crippen LogP contribution in [0.4, 0.5) is 0 Å². The number of allylic oxidation sites excluding steroid dienone is 2. The average Bonchev–Trinajstić information content (AvgIpc) is 2.93. The van der Waals surface area contributed by atoms with Crippen molar-refractivity contribution in [3.05, 3.63) is 47.5 Å². The maximum atomic E-state index is 2.65. The smallest absolute Gasteiger partial charge is 0.0162 e. The summed E-state index contributed by atoms with van der Waals surface area (Å²) < 4.78 is 0. The predicted octanol–water partition coefficient (Wildman–Crippen LogP) is 11.4. The minimum absolute atomic E-state index is 0.832. The molecule has 36 heavy (non-hydrogen) atoms. The van der Waals surface area contributed by atoms with Gasteiger partial charge in [0.25, 0.3) is 0 Å². The lowest BCUT2D eigenvalue weighted by Crippen LogP contribution is -2.23. The lowest BCUT2D eigenvalue weighted by Gasteiger charge is -2.35. The molecule has 3 aliphatic carbocycles. The van der Waals surface area contributed by atoms with Crippen molar-refractivity contribution in [2.24, 2.45) is 29.6 Å². The molecule has 2 saturated carbocycles. The standard InChI is InChI=1S/C36H58/c1-3-5-6-10-30-15-23-35(24-16-30)36-27-19-32(20-28-36)12-8-7-11-31-17-25-34(26-18-31)33-21-13-29(9-4-2)14-22-33/h15,17-18,23,25-26,29-30,32-33,35-36H,3-14,16,19-22,24,27-28H2,1-2H3. The van der Waals surface area contributed by atoms with Crippen LogP contribution < -0.4 is 0 Å². The monoisotopic (exact) mass is 490 g/mol. The third kappa shape index (κ3) is 8.77. The second-order valence-corrected chi connectivity index (χ2v) is 13.2. The summed E-state index contributed by atoms with van der Waals surface area (Å²) in [5.74, 6) is 5.65. The van der Waals surface area contributed by atoms with E-state index in [0.717, 1.165) is 35.5 Å². The molecule has 2 atom stereocenters. The Kier molecular flexibility index (Phi) is 12.0. The van der Waals surface area contributed by atoms with E-state index in [9.17, 15) is 0 Å². The van der Waals surface area contributed by atoms with Gasteiger partial charge in [0.05, 0.1) is 0 Å². The van der Waals surface area contributed by atoms with Crippen molar-refractivity contribution in [1.82, 2.24) is 0 Å². The fourth-order valence-electron chi connectivity index (χ4n) is 8.01. The summed E-state index contributed by atoms with van der Waals surface area (Å²) in [4.78, 5) is 0. The first-order chi connectivity index (χ1) is 17.7. The van der Waals surface area contributed by atoms with E-state index in [0.29, 0.717) is 0 Å². The third-order valence-corrected chi connectivity index (χ3v) is 10.5. The third-order valence-electron chi connectivity index (χ3n) is 10.5. The predicted molar refractivity (Wildman–Crippen MR) is 159 cm³/mol. The van der Waals surface area contributed by atoms with Gasteiger partial charge in [0.15, 0.2) is 0 Å². The van der Waals surface area contributed by atoms with E-state index in [2.05, 4.69) is 50.3 Å². The Balaban J connectivity index is 1.07. The molecule has 0 spiro atoms. The van der Waals surface area contributed by atoms with Crippen LogP contribution in [-0.2, 0) is 6.42 Å². The lowest BCUT2D eigenvalue weighted by atomic mass is 9.71. The molecule has 0 heteroatoms. The summed E-state index contributed by atoms with van der Waals surface area (Å²) in [6.45, 7) is 4.66. The molecule has 2 unspecified atom stereocenters. The van der Waals surface area contributed by atoms with Crippen LogP contribution in [0.2, 0.25) is 0 Å². The Morgan fingerprint density at radius 2 is 1.28 bits per heavy atom. The van der Waals surface area contributed by atoms with Crippen molar-refractivity contribution in [3.8, 4) is 0 Å². The van der Waals surface area contributed by atoms with Gasteiger partial charge in [-0.2, -0.15) is 0 Å². The van der Waals surface area contributed by atoms with E-state index >= 15 is 0 Å². The Hall–Kier alpha value is -1.04. The minimum Gasteiger partial charge on any atom is -0.0851 e. The molecule has 4 rings (SSSR count). The average molecular weight is 491 g/mol. The SMILES string of the molecule is CCCCCC1C=CC(C2CCC(CCCCc3ccc(C4CCC(CCC)CC4)cc3)CC2)CC1. The van der Waals surface area contributed by atoms with Crippen LogP contribution >= 0.6 is 0 Å². The number of hydrogen-bond acceptors (Lipinski definition) is 0. The highest BCUT2D eigenvalue weighted by molar-refractivity contribution is 5.26. The van der Waals surface area contributed by atoms with Crippen molar-refractivity contribution >= 4 is 0 Å². The number of benzene rings is 1. The zero-order chi connectivity index (χ0) is 25.0. The molecule has 0 saturated heterocycles. The van der Waals surface area contributed by atoms with Gasteiger partial charge >= 0.3 is 0 Å². The van der Waals surface area contributed by atoms with E-state index in [-0.39, 0.29) is 0 Å². The molecule has 3 aliphatic rings. The van der Waals surface area contributed by atoms with Gasteiger partial charge in [-0.05, 0) is 117 Å². The minimum atomic E-state index is 0.832. The molecule has 1 aromatic rings. The molecule has 0 bridgehead atoms. The van der Waals surface area contributed by atoms with E-state index in [4.69, 9.17) is 0 Å². The summed E-state index contributed by atoms with van der Waals surface area (Å²) in [6, 6.07) is 9.83. The molecule has 0 aliphatic heterocycles. The molecule has 0 amide bonds. The number of unbranched alkanes of at least 4 members (excludes halogenated alkanes) is 3. The van der Waals surface area contributed by atoms with Gasteiger partial charge in [0.2, 0.25) is 0 Å². The van der Waals surface area contributed by atoms with E-state index in [1.54, 1.807) is 11.1 Å². The molecule has 0 radical (unpaired) electrons. The zero-order valence-electron chi connectivity index (χ0n) is 24.1. The van der Waals surface area contributed by atoms with Crippen molar-refractivity contribution in [2.75, 3.05) is 0 Å². The molecule has 0 N–H and O–H groups in total. The fraction of sp³-hybridized carbons (Fsp3) is 0.778. The molecule has 202 valence electrons. The molecular weight excluding hydrogens is 432 g/mol. The summed E-state index contributed by atoms with van der Waals surface area (Å²) in [5.41, 5.74) is 3.18. The van der Waals surface area contributed by atoms with Crippen molar-refractivity contribution < 1.29 is 0 Å². The maximum absolute atomic E-state index is 2.65. The van der Waals surface area contributed by atoms with Crippen LogP contribution in [-0.4, -0.2) is 0 Å². The zero-order valence-corrected chi connectivity index (χ0v) is 24.1. The Morgan fingerprint density at radius 1 is 0.583 bits per heavy atom. The van der Waals surface area contributed by atoms with Crippen LogP contribution in [0.15, 0.2) is 36.4 Å². The lowest BCUT2D eigenvalue weighted by molar-refractivity contribution is 0.202. The quantitative estimate of drug-likeness (QED) is 0.190. The first-order valence-electron chi connectivity index (χ1n) is 16.5. The van der Waals surface area contributed by atoms with Gasteiger partial charge in [0, 0.05) is 0 Å². The molecule has 2 fully saturated rings. The van der Waals surface area contributed by atoms with Gasteiger partial charge < -0.3 is 0 Å². The molecular formula is C36H58. The van der Waals surface area contributed by atoms with Crippen molar-refractivity contribution in [2.45, 2.75) is 148 Å². The Morgan fingerprint density at radius 3 is 1.94 bits per heavy atom. The van der Waals surface area contributed by atoms with Crippen LogP contribution in [0.3, 0.4) is 0 Å². The van der Waals surface area contributed by atoms with Gasteiger partial charge in [-0.15, -0.1) is 0 Å². The van der Waals surface area contributed by atoms with E-state index < -0.39 is 0 Å². The summed E-state index contributed by atoms with van der Waals surface area (Å²) >= 11 is 0. The largest absolute Gasteiger partial charge is 0.0851 e. The molecule has 0 aromatic heterocycles. The van der Waals surface area contributed by atoms with Gasteiger partial charge in [-0.3, -0.25) is 0 Å². The Bertz CT molecular complexity index is 726.